The van der Waals surface area contributed by atoms with E-state index in [1.807, 2.05) is 19.2 Å². The number of nitrogens with zero attached hydrogens (tertiary/aromatic N) is 2. The summed E-state index contributed by atoms with van der Waals surface area (Å²) in [4.78, 5) is 19.2. The number of ether oxygens (including phenoxy) is 1. The van der Waals surface area contributed by atoms with Crippen LogP contribution < -0.4 is 21.1 Å². The van der Waals surface area contributed by atoms with Gasteiger partial charge in [-0.05, 0) is 77.2 Å². The van der Waals surface area contributed by atoms with Crippen LogP contribution in [0.25, 0.3) is 0 Å². The zero-order valence-electron chi connectivity index (χ0n) is 19.1. The first-order valence-corrected chi connectivity index (χ1v) is 11.0. The zero-order chi connectivity index (χ0) is 22.4. The minimum absolute atomic E-state index is 0.00878. The number of anilines is 3. The average molecular weight is 426 g/mol. The van der Waals surface area contributed by atoms with Crippen molar-refractivity contribution in [2.75, 3.05) is 36.5 Å². The van der Waals surface area contributed by atoms with Crippen LogP contribution in [0.15, 0.2) is 36.5 Å². The number of aromatic nitrogens is 1. The summed E-state index contributed by atoms with van der Waals surface area (Å²) in [7, 11) is 1.82. The van der Waals surface area contributed by atoms with Gasteiger partial charge < -0.3 is 21.1 Å². The summed E-state index contributed by atoms with van der Waals surface area (Å²) in [6, 6.07) is 8.94. The van der Waals surface area contributed by atoms with Crippen molar-refractivity contribution in [2.24, 2.45) is 5.92 Å². The smallest absolute Gasteiger partial charge is 0.225 e. The fourth-order valence-electron chi connectivity index (χ4n) is 3.94. The van der Waals surface area contributed by atoms with E-state index in [0.717, 1.165) is 38.0 Å². The number of nitrogens with one attached hydrogen (secondary N) is 2. The van der Waals surface area contributed by atoms with Gasteiger partial charge in [-0.25, -0.2) is 4.98 Å². The van der Waals surface area contributed by atoms with Gasteiger partial charge in [-0.2, -0.15) is 0 Å². The molecule has 1 aliphatic rings. The number of piperidine rings is 1. The molecule has 2 aromatic rings. The standard InChI is InChI=1S/C24H35N5O2/c1-24(2,3)29-13-10-17(11-14-29)5-8-23(30)28-22-16-19(9-12-27-22)31-18-6-7-21(26-4)20(25)15-18/h6-7,9,12,15-17,26H,5,8,10-11,13-14,25H2,1-4H3,(H,27,28,30). The monoisotopic (exact) mass is 425 g/mol. The number of nitrogen functional groups attached to an aromatic ring is 1. The van der Waals surface area contributed by atoms with Crippen LogP contribution in [-0.2, 0) is 4.79 Å². The first kappa shape index (κ1) is 22.9. The van der Waals surface area contributed by atoms with Crippen LogP contribution in [0.3, 0.4) is 0 Å². The summed E-state index contributed by atoms with van der Waals surface area (Å²) in [5, 5.41) is 5.92. The minimum atomic E-state index is -0.00878. The molecule has 168 valence electrons. The van der Waals surface area contributed by atoms with E-state index in [4.69, 9.17) is 10.5 Å². The molecule has 3 rings (SSSR count). The van der Waals surface area contributed by atoms with Gasteiger partial charge in [0.15, 0.2) is 0 Å². The Bertz CT molecular complexity index is 886. The van der Waals surface area contributed by atoms with Crippen molar-refractivity contribution in [1.82, 2.24) is 9.88 Å². The first-order chi connectivity index (χ1) is 14.7. The molecule has 0 radical (unpaired) electrons. The summed E-state index contributed by atoms with van der Waals surface area (Å²) in [5.41, 5.74) is 7.67. The van der Waals surface area contributed by atoms with Gasteiger partial charge in [0.25, 0.3) is 0 Å². The van der Waals surface area contributed by atoms with E-state index in [2.05, 4.69) is 41.3 Å². The molecule has 0 unspecified atom stereocenters. The number of pyridine rings is 1. The van der Waals surface area contributed by atoms with Gasteiger partial charge in [-0.15, -0.1) is 0 Å². The molecular formula is C24H35N5O2. The normalized spacial score (nSPS) is 15.5. The second kappa shape index (κ2) is 10.0. The van der Waals surface area contributed by atoms with Gasteiger partial charge in [0.05, 0.1) is 11.4 Å². The third-order valence-electron chi connectivity index (χ3n) is 5.87. The van der Waals surface area contributed by atoms with Crippen LogP contribution in [-0.4, -0.2) is 41.5 Å². The Morgan fingerprint density at radius 1 is 1.19 bits per heavy atom. The SMILES string of the molecule is CNc1ccc(Oc2ccnc(NC(=O)CCC3CCN(C(C)(C)C)CC3)c2)cc1N. The number of carbonyl (C=O) groups is 1. The van der Waals surface area contributed by atoms with Crippen molar-refractivity contribution in [3.05, 3.63) is 36.5 Å². The molecule has 1 saturated heterocycles. The lowest BCUT2D eigenvalue weighted by Crippen LogP contribution is -2.46. The van der Waals surface area contributed by atoms with Gasteiger partial charge in [0.2, 0.25) is 5.91 Å². The van der Waals surface area contributed by atoms with Gasteiger partial charge >= 0.3 is 0 Å². The molecule has 1 amide bonds. The van der Waals surface area contributed by atoms with Crippen LogP contribution in [0.4, 0.5) is 17.2 Å². The number of benzene rings is 1. The molecule has 7 nitrogen and oxygen atoms in total. The van der Waals surface area contributed by atoms with Crippen molar-refractivity contribution in [3.8, 4) is 11.5 Å². The first-order valence-electron chi connectivity index (χ1n) is 11.0. The van der Waals surface area contributed by atoms with E-state index in [-0.39, 0.29) is 11.4 Å². The quantitative estimate of drug-likeness (QED) is 0.556. The Kier molecular flexibility index (Phi) is 7.38. The van der Waals surface area contributed by atoms with E-state index in [1.165, 1.54) is 0 Å². The van der Waals surface area contributed by atoms with Gasteiger partial charge in [-0.3, -0.25) is 9.69 Å². The number of likely N-dealkylation sites (tertiary alicyclic amines) is 1. The summed E-state index contributed by atoms with van der Waals surface area (Å²) in [6.07, 6.45) is 5.35. The maximum Gasteiger partial charge on any atom is 0.225 e. The zero-order valence-corrected chi connectivity index (χ0v) is 19.1. The Balaban J connectivity index is 1.48. The highest BCUT2D eigenvalue weighted by molar-refractivity contribution is 5.89. The highest BCUT2D eigenvalue weighted by atomic mass is 16.5. The molecule has 1 aromatic carbocycles. The van der Waals surface area contributed by atoms with Crippen molar-refractivity contribution in [2.45, 2.75) is 52.0 Å². The van der Waals surface area contributed by atoms with E-state index >= 15 is 0 Å². The predicted molar refractivity (Wildman–Crippen MR) is 127 cm³/mol. The predicted octanol–water partition coefficient (Wildman–Crippen LogP) is 4.73. The molecule has 31 heavy (non-hydrogen) atoms. The Labute approximate surface area is 185 Å². The van der Waals surface area contributed by atoms with Gasteiger partial charge in [0, 0.05) is 37.3 Å². The van der Waals surface area contributed by atoms with Crippen LogP contribution in [0.1, 0.15) is 46.5 Å². The second-order valence-electron chi connectivity index (χ2n) is 9.17. The number of rotatable bonds is 7. The lowest BCUT2D eigenvalue weighted by molar-refractivity contribution is -0.116. The van der Waals surface area contributed by atoms with Crippen molar-refractivity contribution < 1.29 is 9.53 Å². The molecule has 2 heterocycles. The third kappa shape index (κ3) is 6.59. The van der Waals surface area contributed by atoms with Gasteiger partial charge in [0.1, 0.15) is 17.3 Å². The fraction of sp³-hybridized carbons (Fsp3) is 0.500. The van der Waals surface area contributed by atoms with Crippen LogP contribution in [0.2, 0.25) is 0 Å². The molecule has 1 fully saturated rings. The average Bonchev–Trinajstić information content (AvgIpc) is 2.72. The molecule has 7 heteroatoms. The Morgan fingerprint density at radius 3 is 2.55 bits per heavy atom. The summed E-state index contributed by atoms with van der Waals surface area (Å²) < 4.78 is 5.87. The van der Waals surface area contributed by atoms with Crippen LogP contribution in [0, 0.1) is 5.92 Å². The molecule has 1 aliphatic heterocycles. The lowest BCUT2D eigenvalue weighted by Gasteiger charge is -2.40. The van der Waals surface area contributed by atoms with E-state index in [9.17, 15) is 4.79 Å². The molecule has 0 aliphatic carbocycles. The maximum atomic E-state index is 12.4. The number of hydrogen-bond donors (Lipinski definition) is 3. The minimum Gasteiger partial charge on any atom is -0.457 e. The molecule has 4 N–H and O–H groups in total. The van der Waals surface area contributed by atoms with E-state index in [0.29, 0.717) is 35.3 Å². The highest BCUT2D eigenvalue weighted by Gasteiger charge is 2.27. The maximum absolute atomic E-state index is 12.4. The number of amides is 1. The number of hydrogen-bond acceptors (Lipinski definition) is 6. The van der Waals surface area contributed by atoms with Crippen molar-refractivity contribution in [1.29, 1.82) is 0 Å². The van der Waals surface area contributed by atoms with Crippen LogP contribution >= 0.6 is 0 Å². The van der Waals surface area contributed by atoms with E-state index in [1.54, 1.807) is 24.4 Å². The Morgan fingerprint density at radius 2 is 1.90 bits per heavy atom. The van der Waals surface area contributed by atoms with Gasteiger partial charge in [-0.1, -0.05) is 0 Å². The molecule has 0 saturated carbocycles. The summed E-state index contributed by atoms with van der Waals surface area (Å²) in [5.74, 6) is 2.31. The van der Waals surface area contributed by atoms with E-state index < -0.39 is 0 Å². The molecule has 0 spiro atoms. The Hall–Kier alpha value is -2.80. The third-order valence-corrected chi connectivity index (χ3v) is 5.87. The molecular weight excluding hydrogens is 390 g/mol. The topological polar surface area (TPSA) is 92.5 Å². The molecule has 0 bridgehead atoms. The molecule has 1 aromatic heterocycles. The highest BCUT2D eigenvalue weighted by Crippen LogP contribution is 2.29. The molecule has 0 atom stereocenters. The number of nitrogens with two attached hydrogens (primary N) is 1. The summed E-state index contributed by atoms with van der Waals surface area (Å²) >= 11 is 0. The van der Waals surface area contributed by atoms with Crippen molar-refractivity contribution >= 4 is 23.1 Å². The second-order valence-corrected chi connectivity index (χ2v) is 9.17. The number of carbonyl (C=O) groups excluding carboxylic acids is 1. The fourth-order valence-corrected chi connectivity index (χ4v) is 3.94. The van der Waals surface area contributed by atoms with Crippen LogP contribution in [0.5, 0.6) is 11.5 Å². The summed E-state index contributed by atoms with van der Waals surface area (Å²) in [6.45, 7) is 9.00. The largest absolute Gasteiger partial charge is 0.457 e. The van der Waals surface area contributed by atoms with Crippen molar-refractivity contribution in [3.63, 3.8) is 0 Å². The lowest BCUT2D eigenvalue weighted by atomic mass is 9.89.